The number of carbonyl (C=O) groups excluding carboxylic acids is 2. The van der Waals surface area contributed by atoms with E-state index in [1.165, 1.54) is 11.3 Å². The van der Waals surface area contributed by atoms with E-state index < -0.39 is 5.54 Å². The van der Waals surface area contributed by atoms with Gasteiger partial charge in [-0.1, -0.05) is 26.2 Å². The Hall–Kier alpha value is -1.43. The molecule has 114 valence electrons. The molecule has 1 saturated heterocycles. The van der Waals surface area contributed by atoms with Crippen LogP contribution in [0, 0.1) is 0 Å². The van der Waals surface area contributed by atoms with Crippen molar-refractivity contribution in [2.45, 2.75) is 63.6 Å². The lowest BCUT2D eigenvalue weighted by molar-refractivity contribution is -0.161. The number of carbonyl (C=O) groups is 2. The second kappa shape index (κ2) is 5.75. The SMILES string of the molecule is CCC1NC(=O)C2(CCCCC2)N(Cc2cncs2)C1=O. The zero-order valence-electron chi connectivity index (χ0n) is 12.3. The highest BCUT2D eigenvalue weighted by Crippen LogP contribution is 2.38. The molecule has 1 unspecified atom stereocenters. The minimum atomic E-state index is -0.634. The van der Waals surface area contributed by atoms with Gasteiger partial charge in [-0.15, -0.1) is 11.3 Å². The lowest BCUT2D eigenvalue weighted by Gasteiger charge is -2.49. The molecule has 2 fully saturated rings. The van der Waals surface area contributed by atoms with Crippen molar-refractivity contribution < 1.29 is 9.59 Å². The van der Waals surface area contributed by atoms with Crippen LogP contribution in [0.25, 0.3) is 0 Å². The number of nitrogens with zero attached hydrogens (tertiary/aromatic N) is 2. The van der Waals surface area contributed by atoms with Crippen LogP contribution >= 0.6 is 11.3 Å². The van der Waals surface area contributed by atoms with Gasteiger partial charge < -0.3 is 10.2 Å². The Morgan fingerprint density at radius 2 is 2.14 bits per heavy atom. The molecule has 5 nitrogen and oxygen atoms in total. The second-order valence-electron chi connectivity index (χ2n) is 5.92. The minimum absolute atomic E-state index is 0.0400. The first kappa shape index (κ1) is 14.5. The summed E-state index contributed by atoms with van der Waals surface area (Å²) in [5.41, 5.74) is 1.14. The fourth-order valence-corrected chi connectivity index (χ4v) is 4.07. The summed E-state index contributed by atoms with van der Waals surface area (Å²) in [5.74, 6) is 0.102. The quantitative estimate of drug-likeness (QED) is 0.930. The molecule has 1 aromatic heterocycles. The van der Waals surface area contributed by atoms with Crippen LogP contribution in [-0.2, 0) is 16.1 Å². The molecule has 1 atom stereocenters. The fourth-order valence-electron chi connectivity index (χ4n) is 3.49. The number of piperazine rings is 1. The van der Waals surface area contributed by atoms with Crippen molar-refractivity contribution in [2.24, 2.45) is 0 Å². The molecule has 3 rings (SSSR count). The first-order chi connectivity index (χ1) is 10.2. The Labute approximate surface area is 128 Å². The van der Waals surface area contributed by atoms with Gasteiger partial charge in [-0.3, -0.25) is 14.6 Å². The molecular weight excluding hydrogens is 286 g/mol. The van der Waals surface area contributed by atoms with Crippen molar-refractivity contribution in [3.05, 3.63) is 16.6 Å². The highest BCUT2D eigenvalue weighted by Gasteiger charge is 2.52. The van der Waals surface area contributed by atoms with Crippen molar-refractivity contribution in [3.63, 3.8) is 0 Å². The van der Waals surface area contributed by atoms with E-state index in [0.29, 0.717) is 13.0 Å². The van der Waals surface area contributed by atoms with Gasteiger partial charge >= 0.3 is 0 Å². The first-order valence-electron chi connectivity index (χ1n) is 7.67. The third-order valence-electron chi connectivity index (χ3n) is 4.70. The molecule has 2 heterocycles. The van der Waals surface area contributed by atoms with Crippen LogP contribution in [0.4, 0.5) is 0 Å². The molecule has 1 saturated carbocycles. The lowest BCUT2D eigenvalue weighted by Crippen LogP contribution is -2.70. The number of aromatic nitrogens is 1. The highest BCUT2D eigenvalue weighted by molar-refractivity contribution is 7.09. The van der Waals surface area contributed by atoms with Crippen molar-refractivity contribution >= 4 is 23.2 Å². The highest BCUT2D eigenvalue weighted by atomic mass is 32.1. The van der Waals surface area contributed by atoms with Crippen LogP contribution < -0.4 is 5.32 Å². The van der Waals surface area contributed by atoms with Gasteiger partial charge in [-0.05, 0) is 19.3 Å². The van der Waals surface area contributed by atoms with E-state index in [9.17, 15) is 9.59 Å². The molecule has 6 heteroatoms. The molecule has 0 aromatic carbocycles. The predicted molar refractivity (Wildman–Crippen MR) is 80.7 cm³/mol. The van der Waals surface area contributed by atoms with E-state index >= 15 is 0 Å². The first-order valence-corrected chi connectivity index (χ1v) is 8.55. The summed E-state index contributed by atoms with van der Waals surface area (Å²) in [5, 5.41) is 2.94. The summed E-state index contributed by atoms with van der Waals surface area (Å²) in [6.45, 7) is 2.44. The number of hydrogen-bond acceptors (Lipinski definition) is 4. The largest absolute Gasteiger partial charge is 0.342 e. The molecule has 0 radical (unpaired) electrons. The molecule has 1 aliphatic carbocycles. The summed E-state index contributed by atoms with van der Waals surface area (Å²) in [6, 6.07) is -0.377. The van der Waals surface area contributed by atoms with Crippen LogP contribution in [0.15, 0.2) is 11.7 Å². The van der Waals surface area contributed by atoms with E-state index in [1.54, 1.807) is 11.7 Å². The molecule has 1 spiro atoms. The summed E-state index contributed by atoms with van der Waals surface area (Å²) in [6.07, 6.45) is 7.16. The normalized spacial score (nSPS) is 25.2. The van der Waals surface area contributed by atoms with Crippen LogP contribution in [0.2, 0.25) is 0 Å². The monoisotopic (exact) mass is 307 g/mol. The third-order valence-corrected chi connectivity index (χ3v) is 5.46. The second-order valence-corrected chi connectivity index (χ2v) is 6.89. The van der Waals surface area contributed by atoms with Gasteiger partial charge in [0.2, 0.25) is 11.8 Å². The Bertz CT molecular complexity index is 523. The summed E-state index contributed by atoms with van der Waals surface area (Å²) >= 11 is 1.54. The summed E-state index contributed by atoms with van der Waals surface area (Å²) in [4.78, 5) is 32.5. The van der Waals surface area contributed by atoms with Crippen molar-refractivity contribution in [1.29, 1.82) is 0 Å². The predicted octanol–water partition coefficient (Wildman–Crippen LogP) is 2.08. The zero-order valence-corrected chi connectivity index (χ0v) is 13.1. The van der Waals surface area contributed by atoms with Crippen molar-refractivity contribution in [2.75, 3.05) is 0 Å². The average molecular weight is 307 g/mol. The average Bonchev–Trinajstić information content (AvgIpc) is 3.02. The van der Waals surface area contributed by atoms with E-state index in [1.807, 2.05) is 11.8 Å². The fraction of sp³-hybridized carbons (Fsp3) is 0.667. The van der Waals surface area contributed by atoms with Gasteiger partial charge in [0, 0.05) is 11.1 Å². The van der Waals surface area contributed by atoms with Gasteiger partial charge in [0.05, 0.1) is 12.1 Å². The number of rotatable bonds is 3. The maximum absolute atomic E-state index is 12.8. The Kier molecular flexibility index (Phi) is 3.97. The van der Waals surface area contributed by atoms with Crippen LogP contribution in [0.3, 0.4) is 0 Å². The van der Waals surface area contributed by atoms with E-state index in [2.05, 4.69) is 10.3 Å². The lowest BCUT2D eigenvalue weighted by atomic mass is 9.77. The Morgan fingerprint density at radius 1 is 1.38 bits per heavy atom. The number of amides is 2. The minimum Gasteiger partial charge on any atom is -0.342 e. The van der Waals surface area contributed by atoms with Gasteiger partial charge in [0.25, 0.3) is 0 Å². The van der Waals surface area contributed by atoms with Crippen LogP contribution in [-0.4, -0.2) is 33.3 Å². The van der Waals surface area contributed by atoms with Crippen LogP contribution in [0.1, 0.15) is 50.3 Å². The Morgan fingerprint density at radius 3 is 2.76 bits per heavy atom. The molecule has 1 aromatic rings. The van der Waals surface area contributed by atoms with E-state index in [0.717, 1.165) is 37.0 Å². The van der Waals surface area contributed by atoms with Crippen LogP contribution in [0.5, 0.6) is 0 Å². The zero-order chi connectivity index (χ0) is 14.9. The smallest absolute Gasteiger partial charge is 0.246 e. The van der Waals surface area contributed by atoms with Gasteiger partial charge in [0.1, 0.15) is 11.6 Å². The molecule has 1 N–H and O–H groups in total. The number of nitrogens with one attached hydrogen (secondary N) is 1. The topological polar surface area (TPSA) is 62.3 Å². The number of hydrogen-bond donors (Lipinski definition) is 1. The van der Waals surface area contributed by atoms with E-state index in [-0.39, 0.29) is 17.9 Å². The standard InChI is InChI=1S/C15H21N3O2S/c1-2-12-13(19)18(9-11-8-16-10-21-11)15(14(20)17-12)6-4-3-5-7-15/h8,10,12H,2-7,9H2,1H3,(H,17,20). The van der Waals surface area contributed by atoms with Gasteiger partial charge in [-0.2, -0.15) is 0 Å². The van der Waals surface area contributed by atoms with Crippen molar-refractivity contribution in [3.8, 4) is 0 Å². The number of thiazole rings is 1. The summed E-state index contributed by atoms with van der Waals surface area (Å²) in [7, 11) is 0. The van der Waals surface area contributed by atoms with Crippen molar-refractivity contribution in [1.82, 2.24) is 15.2 Å². The molecule has 2 amide bonds. The van der Waals surface area contributed by atoms with E-state index in [4.69, 9.17) is 0 Å². The Balaban J connectivity index is 1.94. The molecule has 2 aliphatic rings. The molecule has 21 heavy (non-hydrogen) atoms. The maximum atomic E-state index is 12.8. The van der Waals surface area contributed by atoms with Gasteiger partial charge in [0.15, 0.2) is 0 Å². The molecule has 0 bridgehead atoms. The van der Waals surface area contributed by atoms with Gasteiger partial charge in [-0.25, -0.2) is 0 Å². The third kappa shape index (κ3) is 2.46. The maximum Gasteiger partial charge on any atom is 0.246 e. The molecular formula is C15H21N3O2S. The summed E-state index contributed by atoms with van der Waals surface area (Å²) < 4.78 is 0. The molecule has 1 aliphatic heterocycles.